The number of hydrogen-bond acceptors (Lipinski definition) is 16. The van der Waals surface area contributed by atoms with Crippen LogP contribution in [0.3, 0.4) is 0 Å². The van der Waals surface area contributed by atoms with Gasteiger partial charge in [-0.3, -0.25) is 14.9 Å². The number of nitrogens with one attached hydrogen (secondary N) is 2. The molecule has 4 aliphatic heterocycles. The van der Waals surface area contributed by atoms with Crippen LogP contribution in [0, 0.1) is 23.3 Å². The minimum atomic E-state index is -4.66. The van der Waals surface area contributed by atoms with Crippen LogP contribution in [0.4, 0.5) is 96.3 Å². The summed E-state index contributed by atoms with van der Waals surface area (Å²) in [6.07, 6.45) is -17.1. The Kier molecular flexibility index (Phi) is 33.3. The summed E-state index contributed by atoms with van der Waals surface area (Å²) < 4.78 is 233. The summed E-state index contributed by atoms with van der Waals surface area (Å²) in [5, 5.41) is 31.1. The Balaban J connectivity index is 0.000000285. The van der Waals surface area contributed by atoms with Crippen molar-refractivity contribution in [2.75, 3.05) is 63.4 Å². The van der Waals surface area contributed by atoms with E-state index in [4.69, 9.17) is 34.5 Å². The Labute approximate surface area is 615 Å². The topological polar surface area (TPSA) is 267 Å². The summed E-state index contributed by atoms with van der Waals surface area (Å²) in [6, 6.07) is 13.1. The second-order valence-corrected chi connectivity index (χ2v) is 26.3. The van der Waals surface area contributed by atoms with E-state index in [-0.39, 0.29) is 73.6 Å². The molecule has 4 amide bonds. The predicted octanol–water partition coefficient (Wildman–Crippen LogP) is 14.3. The number of nitrogens with zero attached hydrogens (tertiary/aromatic N) is 7. The molecule has 4 aliphatic rings. The number of aryl methyl sites for hydroxylation is 2. The van der Waals surface area contributed by atoms with Crippen molar-refractivity contribution in [3.05, 3.63) is 163 Å². The molecule has 0 bridgehead atoms. The van der Waals surface area contributed by atoms with Crippen molar-refractivity contribution in [1.82, 2.24) is 39.6 Å². The van der Waals surface area contributed by atoms with Crippen LogP contribution in [-0.4, -0.2) is 151 Å². The molecule has 2 aromatic heterocycles. The normalized spacial score (nSPS) is 15.5. The largest absolute Gasteiger partial charge is 0.507 e. The van der Waals surface area contributed by atoms with Gasteiger partial charge in [-0.05, 0) is 141 Å². The number of carbonyl (C=O) groups excluding carboxylic acids is 3. The molecule has 108 heavy (non-hydrogen) atoms. The maximum Gasteiger partial charge on any atom is 0.419 e. The zero-order valence-electron chi connectivity index (χ0n) is 59.5. The predicted molar refractivity (Wildman–Crippen MR) is 363 cm³/mol. The smallest absolute Gasteiger partial charge is 0.419 e. The Morgan fingerprint density at radius 3 is 1.13 bits per heavy atom. The first-order chi connectivity index (χ1) is 49.5. The van der Waals surface area contributed by atoms with E-state index in [9.17, 15) is 99.3 Å². The second-order valence-electron chi connectivity index (χ2n) is 26.3. The number of carbonyl (C=O) groups is 3. The zero-order valence-corrected chi connectivity index (χ0v) is 60.3. The van der Waals surface area contributed by atoms with E-state index in [1.165, 1.54) is 45.8 Å². The highest BCUT2D eigenvalue weighted by atomic mass is 35.5. The fourth-order valence-corrected chi connectivity index (χ4v) is 9.99. The van der Waals surface area contributed by atoms with E-state index in [0.29, 0.717) is 126 Å². The Morgan fingerprint density at radius 1 is 0.472 bits per heavy atom. The average Bonchev–Trinajstić information content (AvgIpc) is 0.824. The number of phenols is 1. The number of aliphatic hydroxyl groups excluding tert-OH is 1. The van der Waals surface area contributed by atoms with Gasteiger partial charge in [0.15, 0.2) is 5.82 Å². The van der Waals surface area contributed by atoms with Crippen molar-refractivity contribution in [2.24, 2.45) is 14.1 Å². The number of benzene rings is 4. The van der Waals surface area contributed by atoms with E-state index in [0.717, 1.165) is 35.0 Å². The highest BCUT2D eigenvalue weighted by molar-refractivity contribution is 5.88. The van der Waals surface area contributed by atoms with Gasteiger partial charge in [0, 0.05) is 115 Å². The molecule has 0 spiro atoms. The summed E-state index contributed by atoms with van der Waals surface area (Å²) in [5.41, 5.74) is -0.483. The number of rotatable bonds is 7. The van der Waals surface area contributed by atoms with Crippen molar-refractivity contribution in [3.63, 3.8) is 0 Å². The van der Waals surface area contributed by atoms with Gasteiger partial charge >= 0.3 is 42.9 Å². The van der Waals surface area contributed by atoms with Crippen LogP contribution < -0.4 is 41.7 Å². The number of hydrogen-bond donors (Lipinski definition) is 5. The third-order valence-electron chi connectivity index (χ3n) is 15.3. The lowest BCUT2D eigenvalue weighted by atomic mass is 10.1. The molecular formula is C69H83ClF16N10O12. The molecule has 10 rings (SSSR count). The third kappa shape index (κ3) is 31.0. The maximum atomic E-state index is 13.4. The van der Waals surface area contributed by atoms with Crippen molar-refractivity contribution in [3.8, 4) is 23.0 Å². The van der Waals surface area contributed by atoms with Crippen LogP contribution in [0.1, 0.15) is 115 Å². The van der Waals surface area contributed by atoms with Crippen LogP contribution in [0.5, 0.6) is 23.0 Å². The van der Waals surface area contributed by atoms with Crippen LogP contribution in [0.25, 0.3) is 0 Å². The summed E-state index contributed by atoms with van der Waals surface area (Å²) in [5.74, 6) is -5.30. The first-order valence-corrected chi connectivity index (χ1v) is 33.0. The lowest BCUT2D eigenvalue weighted by molar-refractivity contribution is -0.140. The monoisotopic (exact) mass is 1580 g/mol. The molecule has 0 radical (unpaired) electrons. The Hall–Kier alpha value is -9.46. The van der Waals surface area contributed by atoms with E-state index < -0.39 is 129 Å². The summed E-state index contributed by atoms with van der Waals surface area (Å²) >= 11 is 0. The average molecular weight is 1580 g/mol. The number of ether oxygens (including phenoxy) is 5. The number of piperidine rings is 4. The number of urea groups is 1. The fraction of sp³-hybridized carbons (Fsp3) is 0.493. The van der Waals surface area contributed by atoms with Crippen LogP contribution >= 0.6 is 12.4 Å². The number of alkyl halides is 12. The van der Waals surface area contributed by atoms with E-state index in [2.05, 4.69) is 20.8 Å². The van der Waals surface area contributed by atoms with Gasteiger partial charge in [-0.15, -0.1) is 12.4 Å². The summed E-state index contributed by atoms with van der Waals surface area (Å²) in [6.45, 7) is 14.5. The first-order valence-electron chi connectivity index (χ1n) is 33.0. The molecule has 0 unspecified atom stereocenters. The van der Waals surface area contributed by atoms with Gasteiger partial charge in [-0.25, -0.2) is 41.3 Å². The highest BCUT2D eigenvalue weighted by Gasteiger charge is 2.40. The number of likely N-dealkylation sites (tertiary alicyclic amines) is 3. The molecule has 4 saturated heterocycles. The minimum Gasteiger partial charge on any atom is -0.507 e. The minimum absolute atomic E-state index is 0. The van der Waals surface area contributed by atoms with Crippen molar-refractivity contribution in [1.29, 1.82) is 0 Å². The number of halogens is 17. The van der Waals surface area contributed by atoms with Gasteiger partial charge < -0.3 is 59.6 Å². The highest BCUT2D eigenvalue weighted by Crippen LogP contribution is 2.41. The maximum absolute atomic E-state index is 13.4. The van der Waals surface area contributed by atoms with E-state index in [1.54, 1.807) is 32.7 Å². The summed E-state index contributed by atoms with van der Waals surface area (Å²) in [4.78, 5) is 62.4. The molecule has 22 nitrogen and oxygen atoms in total. The SMILES string of the molecule is CC(C)(C)OC(=O)N1CCC(O)CC1.CC(C)(C)OC(=O)N1CCC(Oc2cc(F)ccc2C(F)(F)F)CC1.Cl.Cn1nc(N)ccc1=O.Cn1nc(NC(=O)N2CCC(Oc3cc(F)ccc3C(F)(F)F)CC2)ccc1=O.Fc1ccc(C(F)(F)F)c(OC2CCNCC2)c1.Oc1cc(F)ccc1C(F)(F)F. The molecule has 39 heteroatoms. The number of anilines is 2. The van der Waals surface area contributed by atoms with Crippen LogP contribution in [0.15, 0.2) is 107 Å². The molecule has 0 atom stereocenters. The zero-order chi connectivity index (χ0) is 80.2. The van der Waals surface area contributed by atoms with Crippen molar-refractivity contribution >= 4 is 42.3 Å². The second kappa shape index (κ2) is 39.6. The third-order valence-corrected chi connectivity index (χ3v) is 15.3. The molecule has 6 aromatic rings. The first kappa shape index (κ1) is 90.9. The molecule has 4 fully saturated rings. The molecule has 0 saturated carbocycles. The lowest BCUT2D eigenvalue weighted by Gasteiger charge is -2.33. The number of phenolic OH excluding ortho intramolecular Hbond substituents is 1. The summed E-state index contributed by atoms with van der Waals surface area (Å²) in [7, 11) is 3.00. The number of nitrogens with two attached hydrogens (primary N) is 1. The van der Waals surface area contributed by atoms with Gasteiger partial charge in [-0.2, -0.15) is 62.9 Å². The standard InChI is InChI=1S/C18H18F4N4O3.C17H21F4NO3.C12H13F4NO.C10H19NO3.C7H4F4O.C5H7N3O.ClH/c1-25-16(27)5-4-15(24-25)23-17(28)26-8-6-12(7-9-26)29-14-10-11(19)2-3-13(14)18(20,21)22;1-16(2,3)25-15(23)22-8-6-12(7-9-22)24-14-10-11(18)4-5-13(14)17(19,20)21;13-8-1-2-10(12(14,15)16)11(7-8)18-9-3-5-17-6-4-9;1-10(2,3)14-9(13)11-6-4-8(12)5-7-11;8-4-1-2-5(6(12)3-4)7(9,10)11;1-8-5(9)3-2-4(6)7-8;/h2-5,10,12H,6-9H2,1H3,(H,23,24,28);4-5,10,12H,6-9H2,1-3H3;1-2,7,9,17H,3-6H2;8,12H,4-7H2,1-3H3;1-3,12H;2-3H,1H3,(H2,6,7);1H. The quantitative estimate of drug-likeness (QED) is 0.0930. The van der Waals surface area contributed by atoms with E-state index in [1.807, 2.05) is 20.8 Å². The Bertz CT molecular complexity index is 4010. The lowest BCUT2D eigenvalue weighted by Crippen LogP contribution is -2.44. The van der Waals surface area contributed by atoms with Crippen molar-refractivity contribution < 1.29 is 119 Å². The number of aromatic nitrogens is 4. The van der Waals surface area contributed by atoms with Gasteiger partial charge in [-0.1, -0.05) is 0 Å². The number of aromatic hydroxyl groups is 1. The molecule has 4 aromatic carbocycles. The van der Waals surface area contributed by atoms with Crippen LogP contribution in [-0.2, 0) is 48.3 Å². The van der Waals surface area contributed by atoms with Gasteiger partial charge in [0.05, 0.1) is 28.4 Å². The molecular weight excluding hydrogens is 1500 g/mol. The molecule has 0 aliphatic carbocycles. The molecule has 6 heterocycles. The van der Waals surface area contributed by atoms with Gasteiger partial charge in [0.25, 0.3) is 11.1 Å². The van der Waals surface area contributed by atoms with Crippen LogP contribution in [0.2, 0.25) is 0 Å². The van der Waals surface area contributed by atoms with Gasteiger partial charge in [0.1, 0.15) is 81.6 Å². The number of amides is 4. The number of nitrogen functional groups attached to an aromatic ring is 1. The van der Waals surface area contributed by atoms with Crippen molar-refractivity contribution in [2.45, 2.75) is 153 Å². The molecule has 600 valence electrons. The van der Waals surface area contributed by atoms with Gasteiger partial charge in [0.2, 0.25) is 0 Å². The fourth-order valence-electron chi connectivity index (χ4n) is 9.99. The Morgan fingerprint density at radius 2 is 0.796 bits per heavy atom. The molecule has 6 N–H and O–H groups in total. The van der Waals surface area contributed by atoms with E-state index >= 15 is 0 Å². The number of aliphatic hydroxyl groups is 1.